The Bertz CT molecular complexity index is 598. The summed E-state index contributed by atoms with van der Waals surface area (Å²) in [6.07, 6.45) is 7.60. The molecule has 0 N–H and O–H groups in total. The molecule has 3 aliphatic rings. The van der Waals surface area contributed by atoms with Gasteiger partial charge in [-0.15, -0.1) is 0 Å². The minimum atomic E-state index is 0.241. The van der Waals surface area contributed by atoms with Crippen LogP contribution in [0.4, 0.5) is 0 Å². The van der Waals surface area contributed by atoms with Crippen LogP contribution < -0.4 is 4.74 Å². The molecule has 0 saturated carbocycles. The lowest BCUT2D eigenvalue weighted by Gasteiger charge is -2.40. The third kappa shape index (κ3) is 3.27. The molecule has 0 aromatic carbocycles. The smallest absolute Gasteiger partial charge is 0.223 e. The molecular formula is C19H27N3O2. The Labute approximate surface area is 144 Å². The van der Waals surface area contributed by atoms with Crippen molar-refractivity contribution >= 4 is 5.91 Å². The Morgan fingerprint density at radius 2 is 1.96 bits per heavy atom. The highest BCUT2D eigenvalue weighted by Gasteiger charge is 2.34. The monoisotopic (exact) mass is 329 g/mol. The van der Waals surface area contributed by atoms with Crippen molar-refractivity contribution in [2.75, 3.05) is 32.8 Å². The highest BCUT2D eigenvalue weighted by molar-refractivity contribution is 5.78. The van der Waals surface area contributed by atoms with E-state index in [-0.39, 0.29) is 6.04 Å². The second-order valence-corrected chi connectivity index (χ2v) is 7.18. The van der Waals surface area contributed by atoms with Crippen LogP contribution in [-0.4, -0.2) is 53.5 Å². The van der Waals surface area contributed by atoms with E-state index < -0.39 is 0 Å². The molecule has 0 aliphatic carbocycles. The number of amides is 1. The zero-order valence-electron chi connectivity index (χ0n) is 14.4. The van der Waals surface area contributed by atoms with E-state index in [1.165, 1.54) is 37.9 Å². The molecule has 1 unspecified atom stereocenters. The molecular weight excluding hydrogens is 302 g/mol. The fourth-order valence-corrected chi connectivity index (χ4v) is 4.29. The zero-order valence-corrected chi connectivity index (χ0v) is 14.4. The number of ether oxygens (including phenoxy) is 1. The van der Waals surface area contributed by atoms with Gasteiger partial charge in [-0.2, -0.15) is 0 Å². The van der Waals surface area contributed by atoms with Gasteiger partial charge in [0.15, 0.2) is 0 Å². The van der Waals surface area contributed by atoms with E-state index >= 15 is 0 Å². The van der Waals surface area contributed by atoms with E-state index in [9.17, 15) is 4.79 Å². The number of rotatable bonds is 4. The summed E-state index contributed by atoms with van der Waals surface area (Å²) in [5.41, 5.74) is 2.36. The maximum absolute atomic E-state index is 12.1. The Kier molecular flexibility index (Phi) is 4.69. The number of aromatic nitrogens is 1. The summed E-state index contributed by atoms with van der Waals surface area (Å²) in [5.74, 6) is 1.04. The van der Waals surface area contributed by atoms with Gasteiger partial charge in [0.2, 0.25) is 11.8 Å². The molecule has 130 valence electrons. The van der Waals surface area contributed by atoms with Crippen LogP contribution >= 0.6 is 0 Å². The Balaban J connectivity index is 1.38. The third-order valence-corrected chi connectivity index (χ3v) is 5.60. The standard InChI is InChI=1S/C19H27N3O2/c23-19-6-4-5-17-15-7-8-18(20-16(15)9-12-22(17)19)24-14-13-21-10-2-1-3-11-21/h7-8,17H,1-6,9-14H2. The molecule has 1 aromatic heterocycles. The van der Waals surface area contributed by atoms with Crippen molar-refractivity contribution in [2.24, 2.45) is 0 Å². The maximum atomic E-state index is 12.1. The van der Waals surface area contributed by atoms with Crippen molar-refractivity contribution in [3.05, 3.63) is 23.4 Å². The first-order chi connectivity index (χ1) is 11.8. The maximum Gasteiger partial charge on any atom is 0.223 e. The van der Waals surface area contributed by atoms with Gasteiger partial charge in [-0.1, -0.05) is 6.42 Å². The Morgan fingerprint density at radius 1 is 1.08 bits per heavy atom. The van der Waals surface area contributed by atoms with Gasteiger partial charge in [0.05, 0.1) is 11.7 Å². The summed E-state index contributed by atoms with van der Waals surface area (Å²) < 4.78 is 5.90. The number of piperidine rings is 2. The highest BCUT2D eigenvalue weighted by atomic mass is 16.5. The molecule has 4 heterocycles. The molecule has 5 heteroatoms. The van der Waals surface area contributed by atoms with Crippen LogP contribution in [0.25, 0.3) is 0 Å². The zero-order chi connectivity index (χ0) is 16.4. The lowest BCUT2D eigenvalue weighted by Crippen LogP contribution is -2.42. The third-order valence-electron chi connectivity index (χ3n) is 5.60. The number of carbonyl (C=O) groups excluding carboxylic acids is 1. The van der Waals surface area contributed by atoms with Crippen LogP contribution in [0.15, 0.2) is 12.1 Å². The Hall–Kier alpha value is -1.62. The predicted molar refractivity (Wildman–Crippen MR) is 92.0 cm³/mol. The molecule has 24 heavy (non-hydrogen) atoms. The van der Waals surface area contributed by atoms with Crippen molar-refractivity contribution < 1.29 is 9.53 Å². The van der Waals surface area contributed by atoms with Crippen LogP contribution in [-0.2, 0) is 11.2 Å². The van der Waals surface area contributed by atoms with Gasteiger partial charge in [0.1, 0.15) is 6.61 Å². The van der Waals surface area contributed by atoms with Crippen LogP contribution in [0.3, 0.4) is 0 Å². The Morgan fingerprint density at radius 3 is 2.83 bits per heavy atom. The van der Waals surface area contributed by atoms with Gasteiger partial charge in [0, 0.05) is 32.0 Å². The predicted octanol–water partition coefficient (Wildman–Crippen LogP) is 2.56. The summed E-state index contributed by atoms with van der Waals surface area (Å²) in [6.45, 7) is 4.91. The first-order valence-electron chi connectivity index (χ1n) is 9.46. The van der Waals surface area contributed by atoms with Crippen LogP contribution in [0.2, 0.25) is 0 Å². The second kappa shape index (κ2) is 7.09. The largest absolute Gasteiger partial charge is 0.476 e. The number of fused-ring (bicyclic) bond motifs is 3. The number of likely N-dealkylation sites (tertiary alicyclic amines) is 1. The van der Waals surface area contributed by atoms with E-state index in [2.05, 4.69) is 11.0 Å². The number of carbonyl (C=O) groups is 1. The summed E-state index contributed by atoms with van der Waals surface area (Å²) >= 11 is 0. The number of pyridine rings is 1. The first-order valence-corrected chi connectivity index (χ1v) is 9.46. The van der Waals surface area contributed by atoms with Crippen molar-refractivity contribution in [3.8, 4) is 5.88 Å². The van der Waals surface area contributed by atoms with Crippen LogP contribution in [0, 0.1) is 0 Å². The van der Waals surface area contributed by atoms with Gasteiger partial charge < -0.3 is 9.64 Å². The molecule has 2 saturated heterocycles. The molecule has 0 radical (unpaired) electrons. The average molecular weight is 329 g/mol. The van der Waals surface area contributed by atoms with Crippen molar-refractivity contribution in [1.82, 2.24) is 14.8 Å². The molecule has 2 fully saturated rings. The van der Waals surface area contributed by atoms with Gasteiger partial charge in [-0.05, 0) is 50.4 Å². The summed E-state index contributed by atoms with van der Waals surface area (Å²) in [6, 6.07) is 4.36. The molecule has 0 spiro atoms. The van der Waals surface area contributed by atoms with Gasteiger partial charge >= 0.3 is 0 Å². The lowest BCUT2D eigenvalue weighted by atomic mass is 9.89. The molecule has 1 amide bonds. The first kappa shape index (κ1) is 15.9. The fraction of sp³-hybridized carbons (Fsp3) is 0.684. The summed E-state index contributed by atoms with van der Waals surface area (Å²) in [4.78, 5) is 21.3. The van der Waals surface area contributed by atoms with E-state index in [0.29, 0.717) is 18.9 Å². The quantitative estimate of drug-likeness (QED) is 0.852. The van der Waals surface area contributed by atoms with Gasteiger partial charge in [-0.25, -0.2) is 4.98 Å². The van der Waals surface area contributed by atoms with Gasteiger partial charge in [0.25, 0.3) is 0 Å². The van der Waals surface area contributed by atoms with E-state index in [0.717, 1.165) is 43.9 Å². The topological polar surface area (TPSA) is 45.7 Å². The number of hydrogen-bond donors (Lipinski definition) is 0. The molecule has 0 bridgehead atoms. The normalized spacial score (nSPS) is 24.4. The van der Waals surface area contributed by atoms with Crippen molar-refractivity contribution in [2.45, 2.75) is 51.0 Å². The van der Waals surface area contributed by atoms with E-state index in [1.54, 1.807) is 0 Å². The van der Waals surface area contributed by atoms with Gasteiger partial charge in [-0.3, -0.25) is 9.69 Å². The molecule has 5 nitrogen and oxygen atoms in total. The van der Waals surface area contributed by atoms with E-state index in [1.807, 2.05) is 11.0 Å². The van der Waals surface area contributed by atoms with Crippen LogP contribution in [0.5, 0.6) is 5.88 Å². The minimum absolute atomic E-state index is 0.241. The van der Waals surface area contributed by atoms with Crippen molar-refractivity contribution in [1.29, 1.82) is 0 Å². The SMILES string of the molecule is O=C1CCCC2c3ccc(OCCN4CCCCC4)nc3CCN12. The molecule has 3 aliphatic heterocycles. The fourth-order valence-electron chi connectivity index (χ4n) is 4.29. The van der Waals surface area contributed by atoms with Crippen LogP contribution in [0.1, 0.15) is 55.8 Å². The molecule has 4 rings (SSSR count). The minimum Gasteiger partial charge on any atom is -0.476 e. The summed E-state index contributed by atoms with van der Waals surface area (Å²) in [7, 11) is 0. The number of hydrogen-bond acceptors (Lipinski definition) is 4. The highest BCUT2D eigenvalue weighted by Crippen LogP contribution is 2.37. The summed E-state index contributed by atoms with van der Waals surface area (Å²) in [5, 5.41) is 0. The van der Waals surface area contributed by atoms with Crippen molar-refractivity contribution in [3.63, 3.8) is 0 Å². The molecule has 1 aromatic rings. The number of nitrogens with zero attached hydrogens (tertiary/aromatic N) is 3. The van der Waals surface area contributed by atoms with E-state index in [4.69, 9.17) is 9.72 Å². The second-order valence-electron chi connectivity index (χ2n) is 7.18. The molecule has 1 atom stereocenters. The lowest BCUT2D eigenvalue weighted by molar-refractivity contribution is -0.137. The average Bonchev–Trinajstić information content (AvgIpc) is 2.62.